The lowest BCUT2D eigenvalue weighted by Gasteiger charge is -2.27. The molecular formula is C16H17BrN2OS. The van der Waals surface area contributed by atoms with E-state index < -0.39 is 0 Å². The van der Waals surface area contributed by atoms with E-state index >= 15 is 0 Å². The summed E-state index contributed by atoms with van der Waals surface area (Å²) in [5.41, 5.74) is 9.60. The Morgan fingerprint density at radius 3 is 2.57 bits per heavy atom. The van der Waals surface area contributed by atoms with E-state index in [2.05, 4.69) is 20.8 Å². The predicted molar refractivity (Wildman–Crippen MR) is 95.6 cm³/mol. The van der Waals surface area contributed by atoms with E-state index in [1.165, 1.54) is 0 Å². The van der Waals surface area contributed by atoms with E-state index in [9.17, 15) is 5.11 Å². The highest BCUT2D eigenvalue weighted by molar-refractivity contribution is 9.10. The molecule has 3 N–H and O–H groups in total. The average Bonchev–Trinajstić information content (AvgIpc) is 2.43. The molecule has 0 unspecified atom stereocenters. The minimum Gasteiger partial charge on any atom is -0.508 e. The van der Waals surface area contributed by atoms with Gasteiger partial charge in [0.1, 0.15) is 10.7 Å². The molecule has 0 amide bonds. The largest absolute Gasteiger partial charge is 0.508 e. The van der Waals surface area contributed by atoms with Crippen LogP contribution in [0.1, 0.15) is 18.1 Å². The number of phenolic OH excluding ortho intramolecular Hbond substituents is 1. The van der Waals surface area contributed by atoms with Crippen LogP contribution in [0.3, 0.4) is 0 Å². The normalized spacial score (nSPS) is 10.4. The van der Waals surface area contributed by atoms with Crippen LogP contribution in [0.4, 0.5) is 11.4 Å². The second-order valence-electron chi connectivity index (χ2n) is 4.74. The van der Waals surface area contributed by atoms with Gasteiger partial charge in [-0.05, 0) is 43.7 Å². The molecule has 0 spiro atoms. The highest BCUT2D eigenvalue weighted by Crippen LogP contribution is 2.34. The number of hydrogen-bond acceptors (Lipinski definition) is 3. The predicted octanol–water partition coefficient (Wildman–Crippen LogP) is 4.26. The topological polar surface area (TPSA) is 49.5 Å². The molecule has 0 saturated heterocycles. The van der Waals surface area contributed by atoms with Crippen LogP contribution in [0.2, 0.25) is 0 Å². The first kappa shape index (κ1) is 15.8. The number of anilines is 2. The number of phenols is 1. The van der Waals surface area contributed by atoms with Crippen molar-refractivity contribution >= 4 is 44.5 Å². The molecule has 0 radical (unpaired) electrons. The van der Waals surface area contributed by atoms with E-state index in [4.69, 9.17) is 18.0 Å². The Bertz CT molecular complexity index is 688. The third-order valence-corrected chi connectivity index (χ3v) is 4.03. The highest BCUT2D eigenvalue weighted by Gasteiger charge is 2.16. The highest BCUT2D eigenvalue weighted by atomic mass is 79.9. The van der Waals surface area contributed by atoms with E-state index in [-0.39, 0.29) is 5.75 Å². The minimum absolute atomic E-state index is 0.237. The summed E-state index contributed by atoms with van der Waals surface area (Å²) in [5.74, 6) is 0.237. The zero-order valence-corrected chi connectivity index (χ0v) is 14.3. The van der Waals surface area contributed by atoms with Crippen LogP contribution < -0.4 is 10.6 Å². The maximum absolute atomic E-state index is 9.78. The molecule has 0 aromatic heterocycles. The van der Waals surface area contributed by atoms with Gasteiger partial charge in [0.25, 0.3) is 0 Å². The van der Waals surface area contributed by atoms with Crippen molar-refractivity contribution in [2.75, 3.05) is 11.4 Å². The summed E-state index contributed by atoms with van der Waals surface area (Å²) in [6.07, 6.45) is 0. The molecular weight excluding hydrogens is 348 g/mol. The van der Waals surface area contributed by atoms with Crippen LogP contribution >= 0.6 is 28.1 Å². The van der Waals surface area contributed by atoms with Crippen molar-refractivity contribution in [3.05, 3.63) is 52.0 Å². The van der Waals surface area contributed by atoms with E-state index in [0.717, 1.165) is 33.5 Å². The van der Waals surface area contributed by atoms with Gasteiger partial charge in [-0.1, -0.05) is 34.2 Å². The summed E-state index contributed by atoms with van der Waals surface area (Å²) in [7, 11) is 0. The Balaban J connectivity index is 2.63. The lowest BCUT2D eigenvalue weighted by molar-refractivity contribution is 0.475. The zero-order valence-electron chi connectivity index (χ0n) is 11.9. The van der Waals surface area contributed by atoms with Crippen molar-refractivity contribution in [2.24, 2.45) is 5.73 Å². The fourth-order valence-corrected chi connectivity index (χ4v) is 2.82. The van der Waals surface area contributed by atoms with Gasteiger partial charge in [-0.25, -0.2) is 0 Å². The standard InChI is InChI=1S/C16H17BrN2OS/c1-3-19(14-9-12(20)6-4-10(14)2)15-8-11(17)5-7-13(15)16(18)21/h4-9,20H,3H2,1-2H3,(H2,18,21). The van der Waals surface area contributed by atoms with Crippen molar-refractivity contribution in [1.82, 2.24) is 0 Å². The second-order valence-corrected chi connectivity index (χ2v) is 6.10. The second kappa shape index (κ2) is 6.45. The summed E-state index contributed by atoms with van der Waals surface area (Å²) >= 11 is 8.64. The van der Waals surface area contributed by atoms with Crippen LogP contribution in [0.5, 0.6) is 5.75 Å². The molecule has 110 valence electrons. The first-order chi connectivity index (χ1) is 9.93. The summed E-state index contributed by atoms with van der Waals surface area (Å²) in [5, 5.41) is 9.78. The van der Waals surface area contributed by atoms with E-state index in [0.29, 0.717) is 4.99 Å². The molecule has 0 bridgehead atoms. The number of aryl methyl sites for hydroxylation is 1. The van der Waals surface area contributed by atoms with Crippen molar-refractivity contribution in [1.29, 1.82) is 0 Å². The van der Waals surface area contributed by atoms with Crippen LogP contribution in [0.15, 0.2) is 40.9 Å². The summed E-state index contributed by atoms with van der Waals surface area (Å²) in [4.78, 5) is 2.45. The Kier molecular flexibility index (Phi) is 4.85. The maximum Gasteiger partial charge on any atom is 0.117 e. The number of rotatable bonds is 4. The van der Waals surface area contributed by atoms with Crippen LogP contribution in [0.25, 0.3) is 0 Å². The van der Waals surface area contributed by atoms with Gasteiger partial charge in [-0.3, -0.25) is 0 Å². The molecule has 0 heterocycles. The summed E-state index contributed by atoms with van der Waals surface area (Å²) in [6, 6.07) is 11.1. The maximum atomic E-state index is 9.78. The smallest absolute Gasteiger partial charge is 0.117 e. The van der Waals surface area contributed by atoms with Gasteiger partial charge in [-0.2, -0.15) is 0 Å². The molecule has 0 atom stereocenters. The third kappa shape index (κ3) is 3.36. The van der Waals surface area contributed by atoms with Crippen molar-refractivity contribution < 1.29 is 5.11 Å². The van der Waals surface area contributed by atoms with Crippen LogP contribution in [0, 0.1) is 6.92 Å². The Morgan fingerprint density at radius 1 is 1.24 bits per heavy atom. The fourth-order valence-electron chi connectivity index (χ4n) is 2.30. The number of benzene rings is 2. The SMILES string of the molecule is CCN(c1cc(O)ccc1C)c1cc(Br)ccc1C(N)=S. The summed E-state index contributed by atoms with van der Waals surface area (Å²) in [6.45, 7) is 4.79. The monoisotopic (exact) mass is 364 g/mol. The quantitative estimate of drug-likeness (QED) is 0.795. The van der Waals surface area contributed by atoms with Crippen LogP contribution in [-0.2, 0) is 0 Å². The first-order valence-corrected chi connectivity index (χ1v) is 7.80. The molecule has 0 aliphatic rings. The molecule has 2 rings (SSSR count). The first-order valence-electron chi connectivity index (χ1n) is 6.60. The van der Waals surface area contributed by atoms with Crippen molar-refractivity contribution in [2.45, 2.75) is 13.8 Å². The van der Waals surface area contributed by atoms with E-state index in [1.54, 1.807) is 12.1 Å². The Morgan fingerprint density at radius 2 is 1.95 bits per heavy atom. The number of hydrogen-bond donors (Lipinski definition) is 2. The van der Waals surface area contributed by atoms with E-state index in [1.807, 2.05) is 38.1 Å². The molecule has 0 fully saturated rings. The van der Waals surface area contributed by atoms with Gasteiger partial charge in [0.05, 0.1) is 5.69 Å². The van der Waals surface area contributed by atoms with Gasteiger partial charge in [0.2, 0.25) is 0 Å². The zero-order chi connectivity index (χ0) is 15.6. The van der Waals surface area contributed by atoms with Gasteiger partial charge < -0.3 is 15.7 Å². The number of halogens is 1. The molecule has 0 aliphatic carbocycles. The van der Waals surface area contributed by atoms with Gasteiger partial charge in [-0.15, -0.1) is 0 Å². The van der Waals surface area contributed by atoms with Gasteiger partial charge in [0.15, 0.2) is 0 Å². The Hall–Kier alpha value is -1.59. The minimum atomic E-state index is 0.237. The molecule has 2 aromatic rings. The third-order valence-electron chi connectivity index (χ3n) is 3.32. The average molecular weight is 365 g/mol. The fraction of sp³-hybridized carbons (Fsp3) is 0.188. The summed E-state index contributed by atoms with van der Waals surface area (Å²) < 4.78 is 0.953. The van der Waals surface area contributed by atoms with Crippen molar-refractivity contribution in [3.63, 3.8) is 0 Å². The lowest BCUT2D eigenvalue weighted by Crippen LogP contribution is -2.22. The molecule has 0 saturated carbocycles. The van der Waals surface area contributed by atoms with Gasteiger partial charge >= 0.3 is 0 Å². The molecule has 2 aromatic carbocycles. The Labute approximate surface area is 138 Å². The molecule has 21 heavy (non-hydrogen) atoms. The number of nitrogens with zero attached hydrogens (tertiary/aromatic N) is 1. The van der Waals surface area contributed by atoms with Crippen molar-refractivity contribution in [3.8, 4) is 5.75 Å². The lowest BCUT2D eigenvalue weighted by atomic mass is 10.1. The number of aromatic hydroxyl groups is 1. The van der Waals surface area contributed by atoms with Gasteiger partial charge in [0, 0.05) is 28.3 Å². The number of nitrogens with two attached hydrogens (primary N) is 1. The molecule has 0 aliphatic heterocycles. The number of thiocarbonyl (C=S) groups is 1. The molecule has 3 nitrogen and oxygen atoms in total. The van der Waals surface area contributed by atoms with Crippen LogP contribution in [-0.4, -0.2) is 16.6 Å². The molecule has 5 heteroatoms.